The maximum Gasteiger partial charge on any atom is 0.261 e. The number of carbonyl (C=O) groups excluding carboxylic acids is 1. The molecule has 0 unspecified atom stereocenters. The van der Waals surface area contributed by atoms with E-state index in [0.29, 0.717) is 23.0 Å². The highest BCUT2D eigenvalue weighted by Crippen LogP contribution is 2.29. The lowest BCUT2D eigenvalue weighted by Crippen LogP contribution is -2.36. The van der Waals surface area contributed by atoms with Crippen LogP contribution in [-0.4, -0.2) is 20.3 Å². The first kappa shape index (κ1) is 16.6. The highest BCUT2D eigenvalue weighted by Gasteiger charge is 2.27. The van der Waals surface area contributed by atoms with E-state index in [4.69, 9.17) is 0 Å². The highest BCUT2D eigenvalue weighted by atomic mass is 16.1. The molecule has 3 aromatic rings. The van der Waals surface area contributed by atoms with Gasteiger partial charge in [0, 0.05) is 30.4 Å². The fourth-order valence-corrected chi connectivity index (χ4v) is 3.52. The zero-order valence-electron chi connectivity index (χ0n) is 15.0. The molecule has 0 fully saturated rings. The van der Waals surface area contributed by atoms with Gasteiger partial charge in [-0.15, -0.1) is 0 Å². The molecule has 1 aliphatic rings. The Labute approximate surface area is 151 Å². The molecule has 1 aromatic carbocycles. The monoisotopic (exact) mass is 347 g/mol. The first-order chi connectivity index (χ1) is 12.4. The molecule has 0 bridgehead atoms. The SMILES string of the molecule is CC1(C)CCc2nc3cc(C(=O)Cc4ccccn4)ccc3c(=O)n2C1. The Balaban J connectivity index is 1.72. The van der Waals surface area contributed by atoms with Gasteiger partial charge in [-0.25, -0.2) is 4.98 Å². The number of ketones is 1. The summed E-state index contributed by atoms with van der Waals surface area (Å²) < 4.78 is 1.79. The van der Waals surface area contributed by atoms with Gasteiger partial charge in [0.1, 0.15) is 5.82 Å². The maximum absolute atomic E-state index is 12.9. The van der Waals surface area contributed by atoms with Crippen LogP contribution in [0, 0.1) is 5.41 Å². The maximum atomic E-state index is 12.9. The second-order valence-corrected chi connectivity index (χ2v) is 7.74. The van der Waals surface area contributed by atoms with Gasteiger partial charge in [0.25, 0.3) is 5.56 Å². The van der Waals surface area contributed by atoms with E-state index in [0.717, 1.165) is 24.4 Å². The molecule has 0 radical (unpaired) electrons. The van der Waals surface area contributed by atoms with Crippen molar-refractivity contribution in [1.29, 1.82) is 0 Å². The molecule has 0 aliphatic carbocycles. The number of hydrogen-bond donors (Lipinski definition) is 0. The number of carbonyl (C=O) groups is 1. The van der Waals surface area contributed by atoms with Crippen molar-refractivity contribution in [2.45, 2.75) is 39.7 Å². The summed E-state index contributed by atoms with van der Waals surface area (Å²) in [6, 6.07) is 10.7. The van der Waals surface area contributed by atoms with Gasteiger partial charge in [-0.1, -0.05) is 26.0 Å². The zero-order valence-corrected chi connectivity index (χ0v) is 15.0. The van der Waals surface area contributed by atoms with Gasteiger partial charge in [0.15, 0.2) is 5.78 Å². The number of Topliss-reactive ketones (excluding diaryl/α,β-unsaturated/α-hetero) is 1. The third kappa shape index (κ3) is 3.05. The molecule has 0 atom stereocenters. The summed E-state index contributed by atoms with van der Waals surface area (Å²) in [6.45, 7) is 5.03. The molecule has 4 rings (SSSR count). The Morgan fingerprint density at radius 2 is 2.08 bits per heavy atom. The molecule has 0 saturated heterocycles. The molecule has 2 aromatic heterocycles. The van der Waals surface area contributed by atoms with Crippen LogP contribution in [0.1, 0.15) is 42.1 Å². The first-order valence-corrected chi connectivity index (χ1v) is 8.90. The summed E-state index contributed by atoms with van der Waals surface area (Å²) in [5.41, 5.74) is 1.99. The molecular formula is C21H21N3O2. The van der Waals surface area contributed by atoms with Crippen molar-refractivity contribution in [3.63, 3.8) is 0 Å². The van der Waals surface area contributed by atoms with E-state index in [1.54, 1.807) is 29.0 Å². The molecule has 5 nitrogen and oxygen atoms in total. The van der Waals surface area contributed by atoms with Gasteiger partial charge in [0.05, 0.1) is 17.3 Å². The van der Waals surface area contributed by atoms with Crippen molar-refractivity contribution in [1.82, 2.24) is 14.5 Å². The topological polar surface area (TPSA) is 64.8 Å². The van der Waals surface area contributed by atoms with E-state index in [9.17, 15) is 9.59 Å². The number of fused-ring (bicyclic) bond motifs is 2. The molecule has 26 heavy (non-hydrogen) atoms. The molecule has 3 heterocycles. The van der Waals surface area contributed by atoms with E-state index in [1.165, 1.54) is 0 Å². The van der Waals surface area contributed by atoms with Crippen LogP contribution in [0.15, 0.2) is 47.4 Å². The van der Waals surface area contributed by atoms with E-state index in [2.05, 4.69) is 23.8 Å². The molecule has 0 saturated carbocycles. The van der Waals surface area contributed by atoms with Crippen molar-refractivity contribution >= 4 is 16.7 Å². The van der Waals surface area contributed by atoms with Gasteiger partial charge in [-0.05, 0) is 36.1 Å². The van der Waals surface area contributed by atoms with E-state index in [1.807, 2.05) is 18.2 Å². The number of aromatic nitrogens is 3. The average molecular weight is 347 g/mol. The fourth-order valence-electron chi connectivity index (χ4n) is 3.52. The van der Waals surface area contributed by atoms with Crippen LogP contribution >= 0.6 is 0 Å². The third-order valence-corrected chi connectivity index (χ3v) is 5.04. The average Bonchev–Trinajstić information content (AvgIpc) is 2.63. The van der Waals surface area contributed by atoms with E-state index in [-0.39, 0.29) is 23.2 Å². The predicted molar refractivity (Wildman–Crippen MR) is 100 cm³/mol. The van der Waals surface area contributed by atoms with Crippen molar-refractivity contribution in [2.75, 3.05) is 0 Å². The molecule has 0 spiro atoms. The normalized spacial score (nSPS) is 15.6. The number of aryl methyl sites for hydroxylation is 1. The van der Waals surface area contributed by atoms with Crippen LogP contribution in [-0.2, 0) is 19.4 Å². The molecule has 1 aliphatic heterocycles. The lowest BCUT2D eigenvalue weighted by atomic mass is 9.85. The summed E-state index contributed by atoms with van der Waals surface area (Å²) in [6.07, 6.45) is 3.71. The van der Waals surface area contributed by atoms with Crippen molar-refractivity contribution in [3.8, 4) is 0 Å². The second kappa shape index (κ2) is 6.16. The first-order valence-electron chi connectivity index (χ1n) is 8.90. The fraction of sp³-hybridized carbons (Fsp3) is 0.333. The molecule has 5 heteroatoms. The molecule has 132 valence electrons. The summed E-state index contributed by atoms with van der Waals surface area (Å²) in [5, 5.41) is 0.570. The Hall–Kier alpha value is -2.82. The van der Waals surface area contributed by atoms with Crippen molar-refractivity contribution in [2.24, 2.45) is 5.41 Å². The minimum Gasteiger partial charge on any atom is -0.296 e. The number of hydrogen-bond acceptors (Lipinski definition) is 4. The standard InChI is InChI=1S/C21H21N3O2/c1-21(2)9-8-19-23-17-11-14(6-7-16(17)20(26)24(19)13-21)18(25)12-15-5-3-4-10-22-15/h3-7,10-11H,8-9,12-13H2,1-2H3. The van der Waals surface area contributed by atoms with Crippen molar-refractivity contribution in [3.05, 3.63) is 70.0 Å². The molecule has 0 amide bonds. The minimum absolute atomic E-state index is 0.0125. The number of pyridine rings is 1. The lowest BCUT2D eigenvalue weighted by Gasteiger charge is -2.31. The van der Waals surface area contributed by atoms with Crippen LogP contribution in [0.25, 0.3) is 10.9 Å². The quantitative estimate of drug-likeness (QED) is 0.683. The van der Waals surface area contributed by atoms with E-state index < -0.39 is 0 Å². The Morgan fingerprint density at radius 1 is 1.23 bits per heavy atom. The lowest BCUT2D eigenvalue weighted by molar-refractivity contribution is 0.0992. The zero-order chi connectivity index (χ0) is 18.3. The summed E-state index contributed by atoms with van der Waals surface area (Å²) in [5.74, 6) is 0.794. The number of benzene rings is 1. The Bertz CT molecular complexity index is 1050. The largest absolute Gasteiger partial charge is 0.296 e. The second-order valence-electron chi connectivity index (χ2n) is 7.74. The number of rotatable bonds is 3. The van der Waals surface area contributed by atoms with Gasteiger partial charge >= 0.3 is 0 Å². The van der Waals surface area contributed by atoms with E-state index >= 15 is 0 Å². The third-order valence-electron chi connectivity index (χ3n) is 5.04. The Kier molecular flexibility index (Phi) is 3.94. The summed E-state index contributed by atoms with van der Waals surface area (Å²) in [4.78, 5) is 34.3. The highest BCUT2D eigenvalue weighted by molar-refractivity contribution is 6.00. The number of nitrogens with zero attached hydrogens (tertiary/aromatic N) is 3. The van der Waals surface area contributed by atoms with Gasteiger partial charge < -0.3 is 0 Å². The van der Waals surface area contributed by atoms with Crippen LogP contribution in [0.3, 0.4) is 0 Å². The minimum atomic E-state index is -0.0219. The van der Waals surface area contributed by atoms with Crippen LogP contribution in [0.4, 0.5) is 0 Å². The van der Waals surface area contributed by atoms with Crippen LogP contribution in [0.5, 0.6) is 0 Å². The predicted octanol–water partition coefficient (Wildman–Crippen LogP) is 3.19. The van der Waals surface area contributed by atoms with Crippen LogP contribution in [0.2, 0.25) is 0 Å². The van der Waals surface area contributed by atoms with Gasteiger partial charge in [0.2, 0.25) is 0 Å². The van der Waals surface area contributed by atoms with Crippen molar-refractivity contribution < 1.29 is 4.79 Å². The Morgan fingerprint density at radius 3 is 2.85 bits per heavy atom. The van der Waals surface area contributed by atoms with Crippen LogP contribution < -0.4 is 5.56 Å². The smallest absolute Gasteiger partial charge is 0.261 e. The summed E-state index contributed by atoms with van der Waals surface area (Å²) in [7, 11) is 0. The van der Waals surface area contributed by atoms with Gasteiger partial charge in [-0.3, -0.25) is 19.1 Å². The van der Waals surface area contributed by atoms with Gasteiger partial charge in [-0.2, -0.15) is 0 Å². The molecular weight excluding hydrogens is 326 g/mol. The summed E-state index contributed by atoms with van der Waals surface area (Å²) >= 11 is 0. The molecule has 0 N–H and O–H groups in total.